The minimum Gasteiger partial charge on any atom is -0.480 e. The highest BCUT2D eigenvalue weighted by atomic mass is 32.2. The lowest BCUT2D eigenvalue weighted by molar-refractivity contribution is -0.140. The number of nitrogens with zero attached hydrogens (tertiary/aromatic N) is 3. The number of aromatic nitrogens is 2. The lowest BCUT2D eigenvalue weighted by Gasteiger charge is -2.19. The van der Waals surface area contributed by atoms with E-state index >= 15 is 0 Å². The van der Waals surface area contributed by atoms with Crippen LogP contribution in [-0.4, -0.2) is 57.1 Å². The first-order valence-electron chi connectivity index (χ1n) is 5.80. The number of hydrogen-bond donors (Lipinski definition) is 2. The second-order valence-corrected chi connectivity index (χ2v) is 6.20. The van der Waals surface area contributed by atoms with Crippen molar-refractivity contribution in [1.82, 2.24) is 13.9 Å². The van der Waals surface area contributed by atoms with Gasteiger partial charge in [-0.15, -0.1) is 0 Å². The largest absolute Gasteiger partial charge is 0.480 e. The summed E-state index contributed by atoms with van der Waals surface area (Å²) in [5, 5.41) is 18.3. The van der Waals surface area contributed by atoms with Crippen molar-refractivity contribution in [3.05, 3.63) is 12.5 Å². The fraction of sp³-hybridized carbons (Fsp3) is 0.600. The van der Waals surface area contributed by atoms with Crippen molar-refractivity contribution in [1.29, 1.82) is 0 Å². The molecule has 1 saturated heterocycles. The molecular weight excluding hydrogens is 274 g/mol. The molecule has 0 aromatic carbocycles. The monoisotopic (exact) mass is 289 g/mol. The highest BCUT2D eigenvalue weighted by Crippen LogP contribution is 2.25. The van der Waals surface area contributed by atoms with Crippen LogP contribution in [0.2, 0.25) is 0 Å². The molecule has 106 valence electrons. The molecule has 0 amide bonds. The topological polar surface area (TPSA) is 113 Å². The van der Waals surface area contributed by atoms with Crippen LogP contribution in [0.25, 0.3) is 0 Å². The number of imidazole rings is 1. The van der Waals surface area contributed by atoms with E-state index in [4.69, 9.17) is 5.11 Å². The second kappa shape index (κ2) is 4.91. The third-order valence-electron chi connectivity index (χ3n) is 3.07. The Bertz CT molecular complexity index is 582. The number of β-amino-alcohol motifs (C(OH)–C–C–N with tert-alkyl or cyclic N) is 1. The van der Waals surface area contributed by atoms with Crippen molar-refractivity contribution in [3.8, 4) is 0 Å². The van der Waals surface area contributed by atoms with E-state index in [1.54, 1.807) is 4.57 Å². The number of carboxylic acids is 1. The summed E-state index contributed by atoms with van der Waals surface area (Å²) in [4.78, 5) is 14.8. The molecule has 0 unspecified atom stereocenters. The van der Waals surface area contributed by atoms with E-state index in [2.05, 4.69) is 4.98 Å². The van der Waals surface area contributed by atoms with E-state index in [0.717, 1.165) is 4.31 Å². The quantitative estimate of drug-likeness (QED) is 0.743. The van der Waals surface area contributed by atoms with Gasteiger partial charge in [0, 0.05) is 25.7 Å². The normalized spacial score (nSPS) is 24.7. The summed E-state index contributed by atoms with van der Waals surface area (Å²) < 4.78 is 27.0. The number of aryl methyl sites for hydroxylation is 1. The van der Waals surface area contributed by atoms with Gasteiger partial charge in [-0.25, -0.2) is 13.4 Å². The molecule has 8 nitrogen and oxygen atoms in total. The Morgan fingerprint density at radius 2 is 2.26 bits per heavy atom. The predicted octanol–water partition coefficient (Wildman–Crippen LogP) is -0.888. The van der Waals surface area contributed by atoms with Gasteiger partial charge in [0.2, 0.25) is 0 Å². The van der Waals surface area contributed by atoms with E-state index in [9.17, 15) is 18.3 Å². The maximum atomic E-state index is 12.3. The maximum Gasteiger partial charge on any atom is 0.322 e. The molecule has 9 heteroatoms. The summed E-state index contributed by atoms with van der Waals surface area (Å²) in [6.45, 7) is 2.17. The van der Waals surface area contributed by atoms with Crippen molar-refractivity contribution >= 4 is 16.0 Å². The Morgan fingerprint density at radius 1 is 1.58 bits per heavy atom. The van der Waals surface area contributed by atoms with Gasteiger partial charge in [-0.2, -0.15) is 4.31 Å². The molecule has 0 spiro atoms. The Morgan fingerprint density at radius 3 is 2.79 bits per heavy atom. The van der Waals surface area contributed by atoms with E-state index < -0.39 is 28.1 Å². The molecule has 19 heavy (non-hydrogen) atoms. The Hall–Kier alpha value is -1.45. The van der Waals surface area contributed by atoms with E-state index in [0.29, 0.717) is 6.54 Å². The molecule has 2 rings (SSSR count). The zero-order valence-electron chi connectivity index (χ0n) is 10.3. The molecule has 0 radical (unpaired) electrons. The smallest absolute Gasteiger partial charge is 0.322 e. The summed E-state index contributed by atoms with van der Waals surface area (Å²) in [5.41, 5.74) is 0. The fourth-order valence-electron chi connectivity index (χ4n) is 2.04. The first kappa shape index (κ1) is 14.0. The van der Waals surface area contributed by atoms with Crippen molar-refractivity contribution in [2.45, 2.75) is 37.1 Å². The Kier molecular flexibility index (Phi) is 3.61. The molecule has 2 heterocycles. The lowest BCUT2D eigenvalue weighted by atomic mass is 10.2. The van der Waals surface area contributed by atoms with Crippen LogP contribution in [-0.2, 0) is 21.4 Å². The van der Waals surface area contributed by atoms with Gasteiger partial charge in [-0.1, -0.05) is 0 Å². The minimum absolute atomic E-state index is 0.108. The second-order valence-electron chi connectivity index (χ2n) is 4.36. The third-order valence-corrected chi connectivity index (χ3v) is 4.83. The molecule has 0 aliphatic carbocycles. The molecule has 1 aromatic heterocycles. The van der Waals surface area contributed by atoms with E-state index in [-0.39, 0.29) is 18.0 Å². The molecule has 0 saturated carbocycles. The van der Waals surface area contributed by atoms with E-state index in [1.807, 2.05) is 6.92 Å². The molecule has 2 atom stereocenters. The van der Waals surface area contributed by atoms with Gasteiger partial charge < -0.3 is 14.8 Å². The first-order chi connectivity index (χ1) is 8.86. The van der Waals surface area contributed by atoms with Gasteiger partial charge in [0.05, 0.1) is 12.4 Å². The van der Waals surface area contributed by atoms with Crippen LogP contribution in [0.4, 0.5) is 0 Å². The number of carboxylic acid groups (broad SMARTS) is 1. The molecule has 1 aliphatic heterocycles. The van der Waals surface area contributed by atoms with Crippen LogP contribution in [0.3, 0.4) is 0 Å². The number of aliphatic carboxylic acids is 1. The first-order valence-corrected chi connectivity index (χ1v) is 7.24. The van der Waals surface area contributed by atoms with Crippen molar-refractivity contribution in [2.24, 2.45) is 0 Å². The average molecular weight is 289 g/mol. The van der Waals surface area contributed by atoms with Gasteiger partial charge in [0.15, 0.2) is 5.03 Å². The van der Waals surface area contributed by atoms with Gasteiger partial charge in [0.1, 0.15) is 6.04 Å². The molecule has 0 bridgehead atoms. The number of sulfonamides is 1. The van der Waals surface area contributed by atoms with Crippen molar-refractivity contribution < 1.29 is 23.4 Å². The zero-order valence-corrected chi connectivity index (χ0v) is 11.1. The van der Waals surface area contributed by atoms with Gasteiger partial charge in [-0.3, -0.25) is 4.79 Å². The van der Waals surface area contributed by atoms with Crippen LogP contribution in [0, 0.1) is 0 Å². The highest BCUT2D eigenvalue weighted by molar-refractivity contribution is 7.89. The minimum atomic E-state index is -3.99. The highest BCUT2D eigenvalue weighted by Gasteiger charge is 2.44. The van der Waals surface area contributed by atoms with Crippen LogP contribution < -0.4 is 0 Å². The summed E-state index contributed by atoms with van der Waals surface area (Å²) in [5.74, 6) is -1.27. The van der Waals surface area contributed by atoms with Gasteiger partial charge in [-0.05, 0) is 6.92 Å². The number of aliphatic hydroxyl groups excluding tert-OH is 1. The zero-order chi connectivity index (χ0) is 14.2. The molecular formula is C10H15N3O5S. The third kappa shape index (κ3) is 2.48. The number of rotatable bonds is 4. The number of aliphatic hydroxyl groups is 1. The fourth-order valence-corrected chi connectivity index (χ4v) is 3.61. The van der Waals surface area contributed by atoms with Crippen molar-refractivity contribution in [3.63, 3.8) is 0 Å². The molecule has 1 aromatic rings. The summed E-state index contributed by atoms with van der Waals surface area (Å²) in [7, 11) is -3.99. The maximum absolute atomic E-state index is 12.3. The Labute approximate surface area is 110 Å². The van der Waals surface area contributed by atoms with Crippen LogP contribution in [0.15, 0.2) is 17.6 Å². The molecule has 2 N–H and O–H groups in total. The SMILES string of the molecule is CCn1cnc(S(=O)(=O)N2C[C@H](O)C[C@@H]2C(=O)O)c1. The van der Waals surface area contributed by atoms with Crippen molar-refractivity contribution in [2.75, 3.05) is 6.54 Å². The standard InChI is InChI=1S/C10H15N3O5S/c1-2-12-5-9(11-6-12)19(17,18)13-4-7(14)3-8(13)10(15)16/h5-8,14H,2-4H2,1H3,(H,15,16)/t7-,8-/m1/s1. The van der Waals surface area contributed by atoms with Crippen LogP contribution >= 0.6 is 0 Å². The lowest BCUT2D eigenvalue weighted by Crippen LogP contribution is -2.40. The van der Waals surface area contributed by atoms with Crippen LogP contribution in [0.5, 0.6) is 0 Å². The average Bonchev–Trinajstić information content (AvgIpc) is 2.94. The molecule has 1 aliphatic rings. The van der Waals surface area contributed by atoms with Gasteiger partial charge in [0.25, 0.3) is 10.0 Å². The Balaban J connectivity index is 2.35. The number of carbonyl (C=O) groups is 1. The summed E-state index contributed by atoms with van der Waals surface area (Å²) >= 11 is 0. The summed E-state index contributed by atoms with van der Waals surface area (Å²) in [6, 6.07) is -1.24. The predicted molar refractivity (Wildman–Crippen MR) is 63.8 cm³/mol. The van der Waals surface area contributed by atoms with Gasteiger partial charge >= 0.3 is 5.97 Å². The molecule has 1 fully saturated rings. The van der Waals surface area contributed by atoms with E-state index in [1.165, 1.54) is 12.5 Å². The summed E-state index contributed by atoms with van der Waals surface area (Å²) in [6.07, 6.45) is 1.64. The van der Waals surface area contributed by atoms with Crippen LogP contribution in [0.1, 0.15) is 13.3 Å². The number of hydrogen-bond acceptors (Lipinski definition) is 5.